The van der Waals surface area contributed by atoms with Gasteiger partial charge in [-0.1, -0.05) is 60.7 Å². The fraction of sp³-hybridized carbons (Fsp3) is 0.143. The Balaban J connectivity index is 1.59. The van der Waals surface area contributed by atoms with Crippen molar-refractivity contribution in [2.75, 3.05) is 0 Å². The summed E-state index contributed by atoms with van der Waals surface area (Å²) in [7, 11) is 0. The number of aliphatic hydroxyl groups is 1. The summed E-state index contributed by atoms with van der Waals surface area (Å²) in [6.45, 7) is 1.32. The van der Waals surface area contributed by atoms with Crippen LogP contribution in [0.3, 0.4) is 0 Å². The van der Waals surface area contributed by atoms with E-state index >= 15 is 0 Å². The zero-order valence-electron chi connectivity index (χ0n) is 14.3. The molecule has 2 heterocycles. The monoisotopic (exact) mass is 344 g/mol. The summed E-state index contributed by atoms with van der Waals surface area (Å²) in [5, 5.41) is 10.9. The maximum Gasteiger partial charge on any atom is 0.169 e. The Morgan fingerprint density at radius 1 is 0.692 bits per heavy atom. The van der Waals surface area contributed by atoms with Crippen LogP contribution in [0.1, 0.15) is 28.9 Å². The van der Waals surface area contributed by atoms with Crippen molar-refractivity contribution in [1.82, 2.24) is 19.1 Å². The Labute approximate surface area is 152 Å². The maximum absolute atomic E-state index is 10.9. The van der Waals surface area contributed by atoms with Crippen molar-refractivity contribution in [1.29, 1.82) is 0 Å². The summed E-state index contributed by atoms with van der Waals surface area (Å²) in [4.78, 5) is 8.75. The van der Waals surface area contributed by atoms with Crippen LogP contribution < -0.4 is 0 Å². The van der Waals surface area contributed by atoms with Gasteiger partial charge in [0.2, 0.25) is 0 Å². The van der Waals surface area contributed by atoms with E-state index in [0.29, 0.717) is 24.7 Å². The van der Waals surface area contributed by atoms with Crippen molar-refractivity contribution in [3.8, 4) is 0 Å². The third-order valence-electron chi connectivity index (χ3n) is 4.38. The van der Waals surface area contributed by atoms with E-state index < -0.39 is 6.10 Å². The highest BCUT2D eigenvalue weighted by molar-refractivity contribution is 5.19. The van der Waals surface area contributed by atoms with Gasteiger partial charge in [0.05, 0.1) is 0 Å². The Morgan fingerprint density at radius 2 is 1.12 bits per heavy atom. The van der Waals surface area contributed by atoms with Crippen LogP contribution in [0.25, 0.3) is 0 Å². The lowest BCUT2D eigenvalue weighted by Gasteiger charge is -2.15. The van der Waals surface area contributed by atoms with Crippen LogP contribution in [-0.4, -0.2) is 24.2 Å². The smallest absolute Gasteiger partial charge is 0.169 e. The predicted octanol–water partition coefficient (Wildman–Crippen LogP) is 3.26. The second kappa shape index (κ2) is 7.37. The molecule has 0 aliphatic rings. The van der Waals surface area contributed by atoms with Gasteiger partial charge in [-0.2, -0.15) is 0 Å². The number of aliphatic hydroxyl groups excluding tert-OH is 1. The van der Waals surface area contributed by atoms with Gasteiger partial charge in [0.25, 0.3) is 0 Å². The van der Waals surface area contributed by atoms with Gasteiger partial charge in [0.1, 0.15) is 11.6 Å². The van der Waals surface area contributed by atoms with Crippen molar-refractivity contribution in [2.24, 2.45) is 0 Å². The third-order valence-corrected chi connectivity index (χ3v) is 4.38. The predicted molar refractivity (Wildman–Crippen MR) is 99.6 cm³/mol. The number of nitrogens with zero attached hydrogens (tertiary/aromatic N) is 4. The van der Waals surface area contributed by atoms with Crippen LogP contribution in [0.4, 0.5) is 0 Å². The van der Waals surface area contributed by atoms with Crippen LogP contribution in [0.5, 0.6) is 0 Å². The molecule has 1 N–H and O–H groups in total. The minimum Gasteiger partial charge on any atom is -0.377 e. The fourth-order valence-corrected chi connectivity index (χ4v) is 3.08. The molecular formula is C21H20N4O. The average Bonchev–Trinajstić information content (AvgIpc) is 3.32. The number of benzene rings is 2. The minimum absolute atomic E-state index is 0.592. The molecule has 5 nitrogen and oxygen atoms in total. The lowest BCUT2D eigenvalue weighted by atomic mass is 10.2. The van der Waals surface area contributed by atoms with Crippen LogP contribution in [-0.2, 0) is 13.1 Å². The van der Waals surface area contributed by atoms with E-state index in [2.05, 4.69) is 34.2 Å². The van der Waals surface area contributed by atoms with E-state index in [0.717, 1.165) is 11.1 Å². The summed E-state index contributed by atoms with van der Waals surface area (Å²) >= 11 is 0. The van der Waals surface area contributed by atoms with Gasteiger partial charge in [-0.25, -0.2) is 9.97 Å². The maximum atomic E-state index is 10.9. The van der Waals surface area contributed by atoms with Crippen LogP contribution in [0.2, 0.25) is 0 Å². The minimum atomic E-state index is -0.882. The van der Waals surface area contributed by atoms with E-state index in [1.807, 2.05) is 57.9 Å². The lowest BCUT2D eigenvalue weighted by Crippen LogP contribution is -2.15. The van der Waals surface area contributed by atoms with Gasteiger partial charge in [-0.05, 0) is 11.1 Å². The van der Waals surface area contributed by atoms with Gasteiger partial charge < -0.3 is 14.2 Å². The molecule has 2 aromatic heterocycles. The Hall–Kier alpha value is -3.18. The van der Waals surface area contributed by atoms with E-state index in [-0.39, 0.29) is 0 Å². The number of hydrogen-bond donors (Lipinski definition) is 1. The average molecular weight is 344 g/mol. The van der Waals surface area contributed by atoms with Crippen molar-refractivity contribution in [3.63, 3.8) is 0 Å². The number of imidazole rings is 2. The van der Waals surface area contributed by atoms with Crippen molar-refractivity contribution in [2.45, 2.75) is 19.2 Å². The first-order valence-electron chi connectivity index (χ1n) is 8.59. The zero-order chi connectivity index (χ0) is 17.8. The summed E-state index contributed by atoms with van der Waals surface area (Å²) in [5.74, 6) is 1.18. The summed E-state index contributed by atoms with van der Waals surface area (Å²) in [5.41, 5.74) is 2.32. The van der Waals surface area contributed by atoms with Gasteiger partial charge in [-0.15, -0.1) is 0 Å². The molecule has 0 unspecified atom stereocenters. The van der Waals surface area contributed by atoms with E-state index in [1.165, 1.54) is 0 Å². The number of hydrogen-bond acceptors (Lipinski definition) is 3. The first-order valence-corrected chi connectivity index (χ1v) is 8.59. The van der Waals surface area contributed by atoms with Crippen LogP contribution in [0, 0.1) is 0 Å². The largest absolute Gasteiger partial charge is 0.377 e. The highest BCUT2D eigenvalue weighted by atomic mass is 16.3. The Bertz CT molecular complexity index is 880. The Morgan fingerprint density at radius 3 is 1.54 bits per heavy atom. The molecule has 0 amide bonds. The molecular weight excluding hydrogens is 324 g/mol. The highest BCUT2D eigenvalue weighted by Crippen LogP contribution is 2.21. The topological polar surface area (TPSA) is 55.9 Å². The second-order valence-corrected chi connectivity index (χ2v) is 6.20. The van der Waals surface area contributed by atoms with Crippen molar-refractivity contribution < 1.29 is 5.11 Å². The first kappa shape index (κ1) is 16.3. The molecule has 5 heteroatoms. The van der Waals surface area contributed by atoms with E-state index in [4.69, 9.17) is 0 Å². The number of rotatable bonds is 6. The summed E-state index contributed by atoms with van der Waals surface area (Å²) < 4.78 is 3.92. The third kappa shape index (κ3) is 3.43. The van der Waals surface area contributed by atoms with Gasteiger partial charge in [-0.3, -0.25) is 0 Å². The summed E-state index contributed by atoms with van der Waals surface area (Å²) in [6, 6.07) is 20.3. The molecule has 0 saturated carbocycles. The quantitative estimate of drug-likeness (QED) is 0.584. The second-order valence-electron chi connectivity index (χ2n) is 6.20. The zero-order valence-corrected chi connectivity index (χ0v) is 14.3. The summed E-state index contributed by atoms with van der Waals surface area (Å²) in [6.07, 6.45) is 6.32. The molecule has 26 heavy (non-hydrogen) atoms. The molecule has 4 aromatic rings. The van der Waals surface area contributed by atoms with Crippen molar-refractivity contribution in [3.05, 3.63) is 108 Å². The molecule has 0 aliphatic carbocycles. The first-order chi connectivity index (χ1) is 12.8. The molecule has 0 bridgehead atoms. The highest BCUT2D eigenvalue weighted by Gasteiger charge is 2.21. The standard InChI is InChI=1S/C21H20N4O/c26-19(20-22-11-13-24(20)15-17-7-3-1-4-8-17)21-23-12-14-25(21)16-18-9-5-2-6-10-18/h1-14,19,26H,15-16H2. The molecule has 4 rings (SSSR count). The molecule has 0 spiro atoms. The fourth-order valence-electron chi connectivity index (χ4n) is 3.08. The van der Waals surface area contributed by atoms with Crippen LogP contribution in [0.15, 0.2) is 85.5 Å². The molecule has 0 radical (unpaired) electrons. The Kier molecular flexibility index (Phi) is 4.62. The number of aromatic nitrogens is 4. The van der Waals surface area contributed by atoms with E-state index in [9.17, 15) is 5.11 Å². The lowest BCUT2D eigenvalue weighted by molar-refractivity contribution is 0.190. The molecule has 2 aromatic carbocycles. The normalized spacial score (nSPS) is 11.2. The van der Waals surface area contributed by atoms with Crippen LogP contribution >= 0.6 is 0 Å². The van der Waals surface area contributed by atoms with Gasteiger partial charge in [0, 0.05) is 37.9 Å². The molecule has 130 valence electrons. The van der Waals surface area contributed by atoms with E-state index in [1.54, 1.807) is 12.4 Å². The molecule has 0 saturated heterocycles. The molecule has 0 fully saturated rings. The molecule has 0 aliphatic heterocycles. The van der Waals surface area contributed by atoms with Crippen molar-refractivity contribution >= 4 is 0 Å². The van der Waals surface area contributed by atoms with Gasteiger partial charge >= 0.3 is 0 Å². The molecule has 0 atom stereocenters. The SMILES string of the molecule is OC(c1nccn1Cc1ccccc1)c1nccn1Cc1ccccc1. The van der Waals surface area contributed by atoms with Gasteiger partial charge in [0.15, 0.2) is 6.10 Å².